The van der Waals surface area contributed by atoms with Crippen LogP contribution in [0.25, 0.3) is 0 Å². The van der Waals surface area contributed by atoms with Crippen LogP contribution in [0.4, 0.5) is 4.39 Å². The predicted octanol–water partition coefficient (Wildman–Crippen LogP) is 2.59. The first-order valence-electron chi connectivity index (χ1n) is 5.99. The maximum absolute atomic E-state index is 13.5. The van der Waals surface area contributed by atoms with Crippen molar-refractivity contribution in [3.8, 4) is 0 Å². The minimum atomic E-state index is -0.334. The molecule has 1 rings (SSSR count). The van der Waals surface area contributed by atoms with Crippen LogP contribution in [-0.4, -0.2) is 18.5 Å². The molecule has 0 spiro atoms. The molecule has 1 aromatic rings. The Bertz CT molecular complexity index is 412. The van der Waals surface area contributed by atoms with Crippen LogP contribution in [0, 0.1) is 5.82 Å². The van der Waals surface area contributed by atoms with E-state index < -0.39 is 0 Å². The van der Waals surface area contributed by atoms with Gasteiger partial charge in [-0.05, 0) is 25.5 Å². The Labute approximate surface area is 115 Å². The van der Waals surface area contributed by atoms with Gasteiger partial charge in [-0.25, -0.2) is 4.39 Å². The van der Waals surface area contributed by atoms with Crippen LogP contribution in [-0.2, 0) is 11.3 Å². The van der Waals surface area contributed by atoms with Crippen LogP contribution in [0.5, 0.6) is 0 Å². The molecule has 3 nitrogen and oxygen atoms in total. The normalized spacial score (nSPS) is 12.2. The summed E-state index contributed by atoms with van der Waals surface area (Å²) in [5.74, 6) is -0.340. The van der Waals surface area contributed by atoms with Crippen molar-refractivity contribution in [1.29, 1.82) is 0 Å². The van der Waals surface area contributed by atoms with Crippen molar-refractivity contribution >= 4 is 21.8 Å². The number of benzene rings is 1. The highest BCUT2D eigenvalue weighted by molar-refractivity contribution is 9.10. The molecule has 0 saturated heterocycles. The maximum atomic E-state index is 13.5. The lowest BCUT2D eigenvalue weighted by molar-refractivity contribution is -0.122. The molecule has 0 saturated carbocycles. The lowest BCUT2D eigenvalue weighted by Crippen LogP contribution is -2.42. The summed E-state index contributed by atoms with van der Waals surface area (Å²) in [5.41, 5.74) is 0.549. The van der Waals surface area contributed by atoms with Crippen molar-refractivity contribution in [2.45, 2.75) is 32.9 Å². The van der Waals surface area contributed by atoms with E-state index >= 15 is 0 Å². The predicted molar refractivity (Wildman–Crippen MR) is 73.7 cm³/mol. The second-order valence-electron chi connectivity index (χ2n) is 4.13. The van der Waals surface area contributed by atoms with Gasteiger partial charge in [-0.15, -0.1) is 0 Å². The molecule has 5 heteroatoms. The number of nitrogens with one attached hydrogen (secondary N) is 2. The average Bonchev–Trinajstić information content (AvgIpc) is 2.34. The molecule has 1 unspecified atom stereocenters. The smallest absolute Gasteiger partial charge is 0.236 e. The zero-order valence-corrected chi connectivity index (χ0v) is 12.2. The molecule has 0 aliphatic rings. The highest BCUT2D eigenvalue weighted by Gasteiger charge is 2.12. The summed E-state index contributed by atoms with van der Waals surface area (Å²) in [4.78, 5) is 11.6. The molecule has 0 aliphatic heterocycles. The van der Waals surface area contributed by atoms with Crippen LogP contribution >= 0.6 is 15.9 Å². The molecule has 0 fully saturated rings. The third kappa shape index (κ3) is 4.74. The lowest BCUT2D eigenvalue weighted by Gasteiger charge is -2.14. The number of hydrogen-bond acceptors (Lipinski definition) is 2. The molecule has 1 atom stereocenters. The molecule has 18 heavy (non-hydrogen) atoms. The molecule has 0 aromatic heterocycles. The minimum absolute atomic E-state index is 0.0608. The maximum Gasteiger partial charge on any atom is 0.236 e. The van der Waals surface area contributed by atoms with Crippen molar-refractivity contribution in [2.75, 3.05) is 6.54 Å². The van der Waals surface area contributed by atoms with E-state index in [9.17, 15) is 9.18 Å². The number of amides is 1. The van der Waals surface area contributed by atoms with Gasteiger partial charge < -0.3 is 10.6 Å². The van der Waals surface area contributed by atoms with Crippen LogP contribution < -0.4 is 10.6 Å². The monoisotopic (exact) mass is 316 g/mol. The van der Waals surface area contributed by atoms with Gasteiger partial charge in [-0.2, -0.15) is 0 Å². The first kappa shape index (κ1) is 15.1. The van der Waals surface area contributed by atoms with Gasteiger partial charge in [0.1, 0.15) is 5.82 Å². The molecule has 100 valence electrons. The second kappa shape index (κ2) is 7.48. The second-order valence-corrected chi connectivity index (χ2v) is 5.05. The number of carbonyl (C=O) groups is 1. The Morgan fingerprint density at radius 1 is 1.50 bits per heavy atom. The summed E-state index contributed by atoms with van der Waals surface area (Å²) in [6.45, 7) is 4.76. The van der Waals surface area contributed by atoms with Gasteiger partial charge in [0.25, 0.3) is 0 Å². The summed E-state index contributed by atoms with van der Waals surface area (Å²) in [5, 5.41) is 5.79. The largest absolute Gasteiger partial charge is 0.355 e. The van der Waals surface area contributed by atoms with Gasteiger partial charge in [0.05, 0.1) is 6.04 Å². The quantitative estimate of drug-likeness (QED) is 0.847. The van der Waals surface area contributed by atoms with Gasteiger partial charge in [0, 0.05) is 23.1 Å². The minimum Gasteiger partial charge on any atom is -0.355 e. The average molecular weight is 317 g/mol. The van der Waals surface area contributed by atoms with E-state index in [-0.39, 0.29) is 17.8 Å². The molecule has 1 aromatic carbocycles. The molecule has 0 aliphatic carbocycles. The number of hydrogen-bond donors (Lipinski definition) is 2. The molecular weight excluding hydrogens is 299 g/mol. The Hall–Kier alpha value is -0.940. The van der Waals surface area contributed by atoms with Gasteiger partial charge in [-0.1, -0.05) is 28.9 Å². The first-order chi connectivity index (χ1) is 8.54. The van der Waals surface area contributed by atoms with E-state index in [2.05, 4.69) is 26.6 Å². The third-order valence-corrected chi connectivity index (χ3v) is 3.05. The van der Waals surface area contributed by atoms with Crippen molar-refractivity contribution in [1.82, 2.24) is 10.6 Å². The van der Waals surface area contributed by atoms with Gasteiger partial charge in [0.2, 0.25) is 5.91 Å². The van der Waals surface area contributed by atoms with Gasteiger partial charge in [0.15, 0.2) is 0 Å². The van der Waals surface area contributed by atoms with Crippen LogP contribution in [0.2, 0.25) is 0 Å². The Morgan fingerprint density at radius 2 is 2.22 bits per heavy atom. The zero-order chi connectivity index (χ0) is 13.5. The number of halogens is 2. The highest BCUT2D eigenvalue weighted by Crippen LogP contribution is 2.15. The fourth-order valence-corrected chi connectivity index (χ4v) is 1.76. The van der Waals surface area contributed by atoms with Crippen molar-refractivity contribution in [3.05, 3.63) is 34.1 Å². The third-order valence-electron chi connectivity index (χ3n) is 2.56. The summed E-state index contributed by atoms with van der Waals surface area (Å²) < 4.78 is 14.2. The van der Waals surface area contributed by atoms with Crippen LogP contribution in [0.15, 0.2) is 22.7 Å². The van der Waals surface area contributed by atoms with E-state index in [0.717, 1.165) is 6.42 Å². The van der Waals surface area contributed by atoms with Gasteiger partial charge >= 0.3 is 0 Å². The number of carbonyl (C=O) groups excluding carboxylic acids is 1. The van der Waals surface area contributed by atoms with Crippen molar-refractivity contribution in [3.63, 3.8) is 0 Å². The van der Waals surface area contributed by atoms with E-state index in [1.54, 1.807) is 19.1 Å². The molecule has 0 bridgehead atoms. The molecule has 2 N–H and O–H groups in total. The van der Waals surface area contributed by atoms with Crippen molar-refractivity contribution < 1.29 is 9.18 Å². The Kier molecular flexibility index (Phi) is 6.29. The Balaban J connectivity index is 2.46. The van der Waals surface area contributed by atoms with E-state index in [1.165, 1.54) is 6.07 Å². The Morgan fingerprint density at radius 3 is 2.83 bits per heavy atom. The van der Waals surface area contributed by atoms with E-state index in [4.69, 9.17) is 0 Å². The lowest BCUT2D eigenvalue weighted by atomic mass is 10.2. The standard InChI is InChI=1S/C13H18BrFN2O/c1-3-6-16-13(18)9(2)17-8-10-4-5-11(14)7-12(10)15/h4-5,7,9,17H,3,6,8H2,1-2H3,(H,16,18). The fourth-order valence-electron chi connectivity index (χ4n) is 1.42. The van der Waals surface area contributed by atoms with Crippen molar-refractivity contribution in [2.24, 2.45) is 0 Å². The SMILES string of the molecule is CCCNC(=O)C(C)NCc1ccc(Br)cc1F. The molecule has 0 radical (unpaired) electrons. The zero-order valence-electron chi connectivity index (χ0n) is 10.6. The fraction of sp³-hybridized carbons (Fsp3) is 0.462. The molecule has 1 amide bonds. The van der Waals surface area contributed by atoms with Crippen LogP contribution in [0.3, 0.4) is 0 Å². The summed E-state index contributed by atoms with van der Waals surface area (Å²) >= 11 is 3.20. The van der Waals surface area contributed by atoms with E-state index in [0.29, 0.717) is 23.1 Å². The first-order valence-corrected chi connectivity index (χ1v) is 6.79. The van der Waals surface area contributed by atoms with E-state index in [1.807, 2.05) is 6.92 Å². The number of rotatable bonds is 6. The van der Waals surface area contributed by atoms with Crippen LogP contribution in [0.1, 0.15) is 25.8 Å². The van der Waals surface area contributed by atoms with Gasteiger partial charge in [-0.3, -0.25) is 4.79 Å². The summed E-state index contributed by atoms with van der Waals surface area (Å²) in [6, 6.07) is 4.56. The summed E-state index contributed by atoms with van der Waals surface area (Å²) in [7, 11) is 0. The molecular formula is C13H18BrFN2O. The summed E-state index contributed by atoms with van der Waals surface area (Å²) in [6.07, 6.45) is 0.903. The topological polar surface area (TPSA) is 41.1 Å². The highest BCUT2D eigenvalue weighted by atomic mass is 79.9. The molecule has 0 heterocycles.